The number of nitrogens with one attached hydrogen (secondary N) is 1. The molecule has 2 atom stereocenters. The molecule has 0 bridgehead atoms. The highest BCUT2D eigenvalue weighted by atomic mass is 19.4. The quantitative estimate of drug-likeness (QED) is 0.845. The number of benzene rings is 1. The van der Waals surface area contributed by atoms with E-state index in [1.165, 1.54) is 0 Å². The number of aryl methyl sites for hydroxylation is 3. The van der Waals surface area contributed by atoms with Crippen molar-refractivity contribution in [1.29, 1.82) is 0 Å². The lowest BCUT2D eigenvalue weighted by Gasteiger charge is -2.16. The van der Waals surface area contributed by atoms with Crippen LogP contribution in [0.3, 0.4) is 0 Å². The number of carbonyl (C=O) groups is 3. The molecule has 136 valence electrons. The molecule has 0 spiro atoms. The second kappa shape index (κ2) is 6.98. The first-order valence-electron chi connectivity index (χ1n) is 7.97. The molecule has 0 heterocycles. The first kappa shape index (κ1) is 19.1. The standard InChI is InChI=1S/C18H20F3NO3/c1-9-4-10(2)15(11(3)5-9)16-13(23)6-12(17(16)25)7-14(24)22-8-18(19,20)21/h4-5,12,16H,6-8H2,1-3H3,(H,22,24). The topological polar surface area (TPSA) is 63.2 Å². The van der Waals surface area contributed by atoms with Crippen LogP contribution in [0.1, 0.15) is 41.0 Å². The van der Waals surface area contributed by atoms with Gasteiger partial charge in [-0.1, -0.05) is 17.7 Å². The number of Topliss-reactive ketones (excluding diaryl/α,β-unsaturated/α-hetero) is 2. The maximum atomic E-state index is 12.6. The van der Waals surface area contributed by atoms with Gasteiger partial charge in [0, 0.05) is 18.8 Å². The highest BCUT2D eigenvalue weighted by Gasteiger charge is 2.44. The second-order valence-electron chi connectivity index (χ2n) is 6.61. The zero-order valence-corrected chi connectivity index (χ0v) is 14.3. The molecule has 2 rings (SSSR count). The molecule has 1 N–H and O–H groups in total. The molecule has 1 saturated carbocycles. The van der Waals surface area contributed by atoms with Crippen LogP contribution in [0.4, 0.5) is 13.2 Å². The summed E-state index contributed by atoms with van der Waals surface area (Å²) < 4.78 is 36.4. The Hall–Kier alpha value is -2.18. The minimum absolute atomic E-state index is 0.115. The maximum Gasteiger partial charge on any atom is 0.405 e. The summed E-state index contributed by atoms with van der Waals surface area (Å²) in [4.78, 5) is 36.6. The fraction of sp³-hybridized carbons (Fsp3) is 0.500. The van der Waals surface area contributed by atoms with Gasteiger partial charge < -0.3 is 5.32 Å². The minimum atomic E-state index is -4.51. The molecule has 0 radical (unpaired) electrons. The van der Waals surface area contributed by atoms with Gasteiger partial charge in [-0.25, -0.2) is 0 Å². The first-order valence-corrected chi connectivity index (χ1v) is 7.97. The van der Waals surface area contributed by atoms with E-state index in [0.717, 1.165) is 16.7 Å². The van der Waals surface area contributed by atoms with Crippen LogP contribution in [0, 0.1) is 26.7 Å². The number of hydrogen-bond donors (Lipinski definition) is 1. The lowest BCUT2D eigenvalue weighted by molar-refractivity contribution is -0.139. The normalized spacial score (nSPS) is 20.9. The molecule has 4 nitrogen and oxygen atoms in total. The lowest BCUT2D eigenvalue weighted by Crippen LogP contribution is -2.35. The van der Waals surface area contributed by atoms with E-state index in [4.69, 9.17) is 0 Å². The van der Waals surface area contributed by atoms with E-state index < -0.39 is 36.9 Å². The number of amides is 1. The van der Waals surface area contributed by atoms with Crippen LogP contribution >= 0.6 is 0 Å². The Morgan fingerprint density at radius 2 is 1.72 bits per heavy atom. The van der Waals surface area contributed by atoms with E-state index in [1.54, 1.807) is 5.32 Å². The van der Waals surface area contributed by atoms with Crippen molar-refractivity contribution in [2.24, 2.45) is 5.92 Å². The number of alkyl halides is 3. The third kappa shape index (κ3) is 4.46. The zero-order chi connectivity index (χ0) is 18.9. The predicted molar refractivity (Wildman–Crippen MR) is 85.2 cm³/mol. The van der Waals surface area contributed by atoms with Crippen molar-refractivity contribution in [3.05, 3.63) is 34.4 Å². The average molecular weight is 355 g/mol. The van der Waals surface area contributed by atoms with Gasteiger partial charge >= 0.3 is 6.18 Å². The van der Waals surface area contributed by atoms with Crippen LogP contribution in [0.5, 0.6) is 0 Å². The molecule has 2 unspecified atom stereocenters. The van der Waals surface area contributed by atoms with Crippen molar-refractivity contribution < 1.29 is 27.6 Å². The third-order valence-electron chi connectivity index (χ3n) is 4.40. The molecule has 1 amide bonds. The summed E-state index contributed by atoms with van der Waals surface area (Å²) in [7, 11) is 0. The van der Waals surface area contributed by atoms with Gasteiger partial charge in [0.1, 0.15) is 18.2 Å². The molecule has 0 aromatic heterocycles. The summed E-state index contributed by atoms with van der Waals surface area (Å²) in [6.45, 7) is 4.11. The van der Waals surface area contributed by atoms with E-state index in [9.17, 15) is 27.6 Å². The van der Waals surface area contributed by atoms with Crippen molar-refractivity contribution in [2.45, 2.75) is 45.7 Å². The van der Waals surface area contributed by atoms with Crippen molar-refractivity contribution in [3.63, 3.8) is 0 Å². The summed E-state index contributed by atoms with van der Waals surface area (Å²) in [5, 5.41) is 1.74. The molecule has 1 fully saturated rings. The van der Waals surface area contributed by atoms with Gasteiger partial charge in [-0.15, -0.1) is 0 Å². The van der Waals surface area contributed by atoms with Crippen LogP contribution in [-0.4, -0.2) is 30.2 Å². The molecule has 1 aliphatic carbocycles. The average Bonchev–Trinajstić information content (AvgIpc) is 2.71. The largest absolute Gasteiger partial charge is 0.405 e. The second-order valence-corrected chi connectivity index (χ2v) is 6.61. The number of carbonyl (C=O) groups excluding carboxylic acids is 3. The SMILES string of the molecule is Cc1cc(C)c(C2C(=O)CC(CC(=O)NCC(F)(F)F)C2=O)c(C)c1. The highest BCUT2D eigenvalue weighted by molar-refractivity contribution is 6.15. The summed E-state index contributed by atoms with van der Waals surface area (Å²) in [5.41, 5.74) is 3.32. The Morgan fingerprint density at radius 1 is 1.16 bits per heavy atom. The maximum absolute atomic E-state index is 12.6. The van der Waals surface area contributed by atoms with Gasteiger partial charge in [0.05, 0.1) is 0 Å². The molecule has 1 aromatic rings. The molecule has 0 saturated heterocycles. The summed E-state index contributed by atoms with van der Waals surface area (Å²) >= 11 is 0. The summed E-state index contributed by atoms with van der Waals surface area (Å²) in [6.07, 6.45) is -5.03. The number of ketones is 2. The molecular formula is C18H20F3NO3. The predicted octanol–water partition coefficient (Wildman–Crippen LogP) is 2.92. The molecule has 1 aromatic carbocycles. The van der Waals surface area contributed by atoms with E-state index in [-0.39, 0.29) is 18.0 Å². The van der Waals surface area contributed by atoms with Crippen molar-refractivity contribution in [2.75, 3.05) is 6.54 Å². The van der Waals surface area contributed by atoms with Gasteiger partial charge in [-0.05, 0) is 37.5 Å². The Labute approximate surface area is 143 Å². The molecular weight excluding hydrogens is 335 g/mol. The van der Waals surface area contributed by atoms with Crippen LogP contribution in [0.25, 0.3) is 0 Å². The fourth-order valence-electron chi connectivity index (χ4n) is 3.47. The summed E-state index contributed by atoms with van der Waals surface area (Å²) in [6, 6.07) is 3.76. The molecule has 25 heavy (non-hydrogen) atoms. The molecule has 7 heteroatoms. The van der Waals surface area contributed by atoms with Crippen molar-refractivity contribution >= 4 is 17.5 Å². The Balaban J connectivity index is 2.14. The Kier molecular flexibility index (Phi) is 5.34. The number of hydrogen-bond acceptors (Lipinski definition) is 3. The van der Waals surface area contributed by atoms with Gasteiger partial charge in [0.2, 0.25) is 5.91 Å². The van der Waals surface area contributed by atoms with E-state index in [0.29, 0.717) is 5.56 Å². The highest BCUT2D eigenvalue weighted by Crippen LogP contribution is 2.37. The lowest BCUT2D eigenvalue weighted by atomic mass is 9.86. The van der Waals surface area contributed by atoms with Gasteiger partial charge in [0.25, 0.3) is 0 Å². The first-order chi connectivity index (χ1) is 11.5. The van der Waals surface area contributed by atoms with Gasteiger partial charge in [-0.3, -0.25) is 14.4 Å². The molecule has 1 aliphatic rings. The third-order valence-corrected chi connectivity index (χ3v) is 4.40. The number of rotatable bonds is 4. The number of halogens is 3. The van der Waals surface area contributed by atoms with Gasteiger partial charge in [-0.2, -0.15) is 13.2 Å². The van der Waals surface area contributed by atoms with Crippen LogP contribution in [0.2, 0.25) is 0 Å². The van der Waals surface area contributed by atoms with Crippen LogP contribution in [0.15, 0.2) is 12.1 Å². The fourth-order valence-corrected chi connectivity index (χ4v) is 3.47. The smallest absolute Gasteiger partial charge is 0.347 e. The Bertz CT molecular complexity index is 702. The summed E-state index contributed by atoms with van der Waals surface area (Å²) in [5.74, 6) is -3.34. The van der Waals surface area contributed by atoms with Crippen molar-refractivity contribution in [3.8, 4) is 0 Å². The van der Waals surface area contributed by atoms with Crippen molar-refractivity contribution in [1.82, 2.24) is 5.32 Å². The monoisotopic (exact) mass is 355 g/mol. The van der Waals surface area contributed by atoms with Crippen LogP contribution < -0.4 is 5.32 Å². The molecule has 0 aliphatic heterocycles. The van der Waals surface area contributed by atoms with Gasteiger partial charge in [0.15, 0.2) is 5.78 Å². The Morgan fingerprint density at radius 3 is 2.24 bits per heavy atom. The zero-order valence-electron chi connectivity index (χ0n) is 14.3. The van der Waals surface area contributed by atoms with Crippen LogP contribution in [-0.2, 0) is 14.4 Å². The van der Waals surface area contributed by atoms with E-state index >= 15 is 0 Å². The van der Waals surface area contributed by atoms with E-state index in [2.05, 4.69) is 0 Å². The van der Waals surface area contributed by atoms with E-state index in [1.807, 2.05) is 32.9 Å². The minimum Gasteiger partial charge on any atom is -0.347 e.